The van der Waals surface area contributed by atoms with Crippen molar-refractivity contribution < 1.29 is 19.5 Å². The van der Waals surface area contributed by atoms with Crippen LogP contribution in [0.1, 0.15) is 31.1 Å². The van der Waals surface area contributed by atoms with Crippen molar-refractivity contribution in [2.45, 2.75) is 0 Å². The van der Waals surface area contributed by atoms with Gasteiger partial charge in [0.05, 0.1) is 5.56 Å². The zero-order valence-electron chi connectivity index (χ0n) is 14.2. The molecular weight excluding hydrogens is 344 g/mol. The summed E-state index contributed by atoms with van der Waals surface area (Å²) >= 11 is 0. The summed E-state index contributed by atoms with van der Waals surface area (Å²) in [7, 11) is 0. The standard InChI is InChI=1S/C21H16N2O4/c22-19(24)14-8-6-13(7-9-14)16-10-17(21(26)27)12-18(11-16)23-20(25)15-4-2-1-3-5-15/h1-12H,(H2,22,24)(H,23,25)(H,26,27). The molecule has 0 heterocycles. The van der Waals surface area contributed by atoms with Crippen molar-refractivity contribution in [3.8, 4) is 11.1 Å². The molecule has 3 rings (SSSR count). The first-order valence-electron chi connectivity index (χ1n) is 8.09. The minimum atomic E-state index is -1.11. The van der Waals surface area contributed by atoms with Crippen LogP contribution in [-0.4, -0.2) is 22.9 Å². The zero-order valence-corrected chi connectivity index (χ0v) is 14.2. The Labute approximate surface area is 155 Å². The molecule has 0 bridgehead atoms. The Bertz CT molecular complexity index is 1010. The van der Waals surface area contributed by atoms with E-state index in [0.29, 0.717) is 27.9 Å². The van der Waals surface area contributed by atoms with Gasteiger partial charge in [0.25, 0.3) is 5.91 Å². The molecule has 27 heavy (non-hydrogen) atoms. The number of hydrogen-bond donors (Lipinski definition) is 3. The molecule has 0 spiro atoms. The molecule has 4 N–H and O–H groups in total. The molecule has 0 aromatic heterocycles. The summed E-state index contributed by atoms with van der Waals surface area (Å²) < 4.78 is 0. The van der Waals surface area contributed by atoms with Crippen molar-refractivity contribution in [2.75, 3.05) is 5.32 Å². The first-order valence-corrected chi connectivity index (χ1v) is 8.09. The number of primary amides is 1. The van der Waals surface area contributed by atoms with E-state index < -0.39 is 11.9 Å². The second-order valence-corrected chi connectivity index (χ2v) is 5.87. The van der Waals surface area contributed by atoms with Gasteiger partial charge in [0.2, 0.25) is 5.91 Å². The topological polar surface area (TPSA) is 109 Å². The van der Waals surface area contributed by atoms with Gasteiger partial charge >= 0.3 is 5.97 Å². The van der Waals surface area contributed by atoms with Gasteiger partial charge in [0.15, 0.2) is 0 Å². The van der Waals surface area contributed by atoms with Gasteiger partial charge < -0.3 is 16.2 Å². The summed E-state index contributed by atoms with van der Waals surface area (Å²) in [6, 6.07) is 19.7. The fourth-order valence-corrected chi connectivity index (χ4v) is 2.61. The number of carboxylic acid groups (broad SMARTS) is 1. The molecule has 0 aliphatic heterocycles. The van der Waals surface area contributed by atoms with Gasteiger partial charge in [-0.05, 0) is 53.6 Å². The molecular formula is C21H16N2O4. The van der Waals surface area contributed by atoms with E-state index in [0.717, 1.165) is 0 Å². The Morgan fingerprint density at radius 1 is 0.741 bits per heavy atom. The molecule has 0 aliphatic carbocycles. The van der Waals surface area contributed by atoms with Crippen molar-refractivity contribution in [3.63, 3.8) is 0 Å². The van der Waals surface area contributed by atoms with Gasteiger partial charge in [-0.25, -0.2) is 4.79 Å². The second kappa shape index (κ2) is 7.53. The quantitative estimate of drug-likeness (QED) is 0.648. The molecule has 6 heteroatoms. The molecule has 2 amide bonds. The number of rotatable bonds is 5. The van der Waals surface area contributed by atoms with E-state index in [-0.39, 0.29) is 11.5 Å². The van der Waals surface area contributed by atoms with Crippen LogP contribution >= 0.6 is 0 Å². The molecule has 6 nitrogen and oxygen atoms in total. The van der Waals surface area contributed by atoms with Gasteiger partial charge in [-0.1, -0.05) is 30.3 Å². The van der Waals surface area contributed by atoms with Crippen LogP contribution in [0.25, 0.3) is 11.1 Å². The maximum absolute atomic E-state index is 12.4. The number of carbonyl (C=O) groups is 3. The second-order valence-electron chi connectivity index (χ2n) is 5.87. The average molecular weight is 360 g/mol. The molecule has 0 saturated heterocycles. The van der Waals surface area contributed by atoms with E-state index in [9.17, 15) is 19.5 Å². The van der Waals surface area contributed by atoms with Crippen LogP contribution in [0, 0.1) is 0 Å². The highest BCUT2D eigenvalue weighted by Gasteiger charge is 2.12. The van der Waals surface area contributed by atoms with Gasteiger partial charge in [0.1, 0.15) is 0 Å². The molecule has 0 radical (unpaired) electrons. The zero-order chi connectivity index (χ0) is 19.4. The summed E-state index contributed by atoms with van der Waals surface area (Å²) in [4.78, 5) is 35.0. The number of nitrogens with two attached hydrogens (primary N) is 1. The Balaban J connectivity index is 1.96. The maximum Gasteiger partial charge on any atom is 0.335 e. The predicted octanol–water partition coefficient (Wildman–Crippen LogP) is 3.40. The normalized spacial score (nSPS) is 10.2. The van der Waals surface area contributed by atoms with Crippen molar-refractivity contribution in [2.24, 2.45) is 5.73 Å². The summed E-state index contributed by atoms with van der Waals surface area (Å²) in [5.41, 5.74) is 7.73. The van der Waals surface area contributed by atoms with Crippen LogP contribution in [0.15, 0.2) is 72.8 Å². The van der Waals surface area contributed by atoms with Crippen LogP contribution in [0.5, 0.6) is 0 Å². The van der Waals surface area contributed by atoms with E-state index in [1.54, 1.807) is 60.7 Å². The Kier molecular flexibility index (Phi) is 4.99. The number of benzene rings is 3. The highest BCUT2D eigenvalue weighted by molar-refractivity contribution is 6.05. The fourth-order valence-electron chi connectivity index (χ4n) is 2.61. The van der Waals surface area contributed by atoms with Gasteiger partial charge in [-0.2, -0.15) is 0 Å². The first kappa shape index (κ1) is 17.9. The van der Waals surface area contributed by atoms with Crippen molar-refractivity contribution in [1.29, 1.82) is 0 Å². The summed E-state index contributed by atoms with van der Waals surface area (Å²) in [6.07, 6.45) is 0. The third-order valence-corrected chi connectivity index (χ3v) is 3.98. The third kappa shape index (κ3) is 4.19. The highest BCUT2D eigenvalue weighted by Crippen LogP contribution is 2.26. The molecule has 0 atom stereocenters. The smallest absolute Gasteiger partial charge is 0.335 e. The van der Waals surface area contributed by atoms with Gasteiger partial charge in [-0.3, -0.25) is 9.59 Å². The molecule has 3 aromatic rings. The van der Waals surface area contributed by atoms with E-state index in [1.165, 1.54) is 12.1 Å². The van der Waals surface area contributed by atoms with E-state index in [1.807, 2.05) is 0 Å². The number of anilines is 1. The summed E-state index contributed by atoms with van der Waals surface area (Å²) in [5.74, 6) is -1.99. The number of carbonyl (C=O) groups excluding carboxylic acids is 2. The number of carboxylic acids is 1. The summed E-state index contributed by atoms with van der Waals surface area (Å²) in [6.45, 7) is 0. The van der Waals surface area contributed by atoms with Crippen LogP contribution in [0.3, 0.4) is 0 Å². The lowest BCUT2D eigenvalue weighted by molar-refractivity contribution is 0.0696. The minimum absolute atomic E-state index is 0.0369. The average Bonchev–Trinajstić information content (AvgIpc) is 2.68. The number of aromatic carboxylic acids is 1. The predicted molar refractivity (Wildman–Crippen MR) is 102 cm³/mol. The Morgan fingerprint density at radius 3 is 2.00 bits per heavy atom. The van der Waals surface area contributed by atoms with Gasteiger partial charge in [-0.15, -0.1) is 0 Å². The number of hydrogen-bond acceptors (Lipinski definition) is 3. The van der Waals surface area contributed by atoms with E-state index >= 15 is 0 Å². The van der Waals surface area contributed by atoms with E-state index in [2.05, 4.69) is 5.32 Å². The maximum atomic E-state index is 12.4. The van der Waals surface area contributed by atoms with E-state index in [4.69, 9.17) is 5.73 Å². The molecule has 3 aromatic carbocycles. The van der Waals surface area contributed by atoms with Crippen molar-refractivity contribution in [3.05, 3.63) is 89.5 Å². The SMILES string of the molecule is NC(=O)c1ccc(-c2cc(NC(=O)c3ccccc3)cc(C(=O)O)c2)cc1. The first-order chi connectivity index (χ1) is 12.9. The lowest BCUT2D eigenvalue weighted by Crippen LogP contribution is -2.12. The highest BCUT2D eigenvalue weighted by atomic mass is 16.4. The Morgan fingerprint density at radius 2 is 1.41 bits per heavy atom. The lowest BCUT2D eigenvalue weighted by atomic mass is 10.0. The monoisotopic (exact) mass is 360 g/mol. The van der Waals surface area contributed by atoms with Crippen LogP contribution < -0.4 is 11.1 Å². The minimum Gasteiger partial charge on any atom is -0.478 e. The van der Waals surface area contributed by atoms with Crippen LogP contribution in [0.4, 0.5) is 5.69 Å². The molecule has 0 aliphatic rings. The van der Waals surface area contributed by atoms with Crippen LogP contribution in [-0.2, 0) is 0 Å². The number of nitrogens with one attached hydrogen (secondary N) is 1. The fraction of sp³-hybridized carbons (Fsp3) is 0. The molecule has 0 unspecified atom stereocenters. The van der Waals surface area contributed by atoms with Crippen molar-refractivity contribution >= 4 is 23.5 Å². The molecule has 0 saturated carbocycles. The summed E-state index contributed by atoms with van der Waals surface area (Å²) in [5, 5.41) is 12.1. The molecule has 0 fully saturated rings. The van der Waals surface area contributed by atoms with Crippen LogP contribution in [0.2, 0.25) is 0 Å². The lowest BCUT2D eigenvalue weighted by Gasteiger charge is -2.10. The Hall–Kier alpha value is -3.93. The molecule has 134 valence electrons. The van der Waals surface area contributed by atoms with Crippen molar-refractivity contribution in [1.82, 2.24) is 0 Å². The number of amides is 2. The van der Waals surface area contributed by atoms with Gasteiger partial charge in [0, 0.05) is 16.8 Å². The largest absolute Gasteiger partial charge is 0.478 e. The third-order valence-electron chi connectivity index (χ3n) is 3.98.